The van der Waals surface area contributed by atoms with Crippen LogP contribution in [0.2, 0.25) is 0 Å². The average molecular weight is 379 g/mol. The van der Waals surface area contributed by atoms with Crippen LogP contribution in [0, 0.1) is 6.92 Å². The van der Waals surface area contributed by atoms with Crippen LogP contribution in [0.5, 0.6) is 5.75 Å². The molecule has 0 radical (unpaired) electrons. The molecule has 0 unspecified atom stereocenters. The molecule has 0 spiro atoms. The summed E-state index contributed by atoms with van der Waals surface area (Å²) in [6.45, 7) is 2.11. The lowest BCUT2D eigenvalue weighted by molar-refractivity contribution is 0.414. The van der Waals surface area contributed by atoms with E-state index < -0.39 is 0 Å². The van der Waals surface area contributed by atoms with Crippen LogP contribution in [0.15, 0.2) is 60.8 Å². The van der Waals surface area contributed by atoms with Crippen molar-refractivity contribution >= 4 is 23.0 Å². The summed E-state index contributed by atoms with van der Waals surface area (Å²) in [5.74, 6) is 0.804. The van der Waals surface area contributed by atoms with Crippen LogP contribution in [0.1, 0.15) is 29.2 Å². The number of aryl methyl sites for hydroxylation is 1. The van der Waals surface area contributed by atoms with E-state index in [1.165, 1.54) is 11.4 Å². The van der Waals surface area contributed by atoms with Crippen LogP contribution in [0.25, 0.3) is 0 Å². The molecule has 138 valence electrons. The first-order valence-electron chi connectivity index (χ1n) is 8.87. The van der Waals surface area contributed by atoms with Crippen molar-refractivity contribution in [2.75, 3.05) is 12.0 Å². The molecular formula is C21H22N4OS. The first kappa shape index (κ1) is 17.5. The van der Waals surface area contributed by atoms with Crippen LogP contribution in [0.4, 0.5) is 5.69 Å². The van der Waals surface area contributed by atoms with E-state index in [-0.39, 0.29) is 12.1 Å². The van der Waals surface area contributed by atoms with Crippen LogP contribution >= 0.6 is 12.2 Å². The van der Waals surface area contributed by atoms with Gasteiger partial charge >= 0.3 is 0 Å². The van der Waals surface area contributed by atoms with Crippen LogP contribution in [-0.4, -0.2) is 21.8 Å². The molecule has 2 atom stereocenters. The zero-order chi connectivity index (χ0) is 19.0. The topological polar surface area (TPSA) is 42.3 Å². The Hall–Kier alpha value is -2.86. The van der Waals surface area contributed by atoms with Gasteiger partial charge in [-0.1, -0.05) is 12.1 Å². The summed E-state index contributed by atoms with van der Waals surface area (Å²) in [7, 11) is 3.76. The molecule has 6 heteroatoms. The van der Waals surface area contributed by atoms with E-state index in [1.54, 1.807) is 7.11 Å². The third-order valence-corrected chi connectivity index (χ3v) is 5.46. The van der Waals surface area contributed by atoms with Crippen molar-refractivity contribution in [3.05, 3.63) is 77.9 Å². The maximum absolute atomic E-state index is 5.74. The molecule has 1 saturated heterocycles. The Balaban J connectivity index is 1.85. The van der Waals surface area contributed by atoms with Gasteiger partial charge in [0.15, 0.2) is 5.11 Å². The lowest BCUT2D eigenvalue weighted by atomic mass is 10.0. The van der Waals surface area contributed by atoms with E-state index >= 15 is 0 Å². The van der Waals surface area contributed by atoms with Gasteiger partial charge in [-0.2, -0.15) is 0 Å². The molecule has 0 bridgehead atoms. The van der Waals surface area contributed by atoms with Crippen molar-refractivity contribution in [3.63, 3.8) is 0 Å². The van der Waals surface area contributed by atoms with Gasteiger partial charge in [0.05, 0.1) is 18.8 Å². The van der Waals surface area contributed by atoms with E-state index in [0.717, 1.165) is 17.1 Å². The van der Waals surface area contributed by atoms with Gasteiger partial charge in [-0.05, 0) is 55.5 Å². The molecule has 3 heterocycles. The third-order valence-electron chi connectivity index (χ3n) is 5.14. The highest BCUT2D eigenvalue weighted by Gasteiger charge is 2.42. The standard InChI is InChI=1S/C21H22N4OS/c1-14-10-11-18(24(14)2)20-19(17-9-4-5-12-22-17)23-21(27)25(20)15-7-6-8-16(13-15)26-3/h4-13,19-20H,1-3H3,(H,23,27)/t19-,20-/m0/s1. The molecule has 0 amide bonds. The molecule has 1 aromatic carbocycles. The van der Waals surface area contributed by atoms with Gasteiger partial charge in [-0.15, -0.1) is 0 Å². The second-order valence-corrected chi connectivity index (χ2v) is 7.04. The predicted octanol–water partition coefficient (Wildman–Crippen LogP) is 3.91. The Morgan fingerprint density at radius 1 is 1.11 bits per heavy atom. The SMILES string of the molecule is COc1cccc(N2C(=S)N[C@@H](c3ccccn3)[C@@H]2c2ccc(C)n2C)c1. The maximum atomic E-state index is 5.74. The van der Waals surface area contributed by atoms with Crippen molar-refractivity contribution in [2.24, 2.45) is 7.05 Å². The highest BCUT2D eigenvalue weighted by atomic mass is 32.1. The third kappa shape index (κ3) is 3.06. The highest BCUT2D eigenvalue weighted by Crippen LogP contribution is 2.42. The maximum Gasteiger partial charge on any atom is 0.174 e. The molecule has 0 aliphatic carbocycles. The number of pyridine rings is 1. The number of hydrogen-bond donors (Lipinski definition) is 1. The molecular weight excluding hydrogens is 356 g/mol. The fourth-order valence-electron chi connectivity index (χ4n) is 3.62. The summed E-state index contributed by atoms with van der Waals surface area (Å²) in [4.78, 5) is 6.75. The summed E-state index contributed by atoms with van der Waals surface area (Å²) in [5.41, 5.74) is 4.34. The summed E-state index contributed by atoms with van der Waals surface area (Å²) in [5, 5.41) is 4.17. The number of hydrogen-bond acceptors (Lipinski definition) is 3. The van der Waals surface area contributed by atoms with Gasteiger partial charge in [-0.3, -0.25) is 4.98 Å². The molecule has 1 N–H and O–H groups in total. The zero-order valence-corrected chi connectivity index (χ0v) is 16.4. The van der Waals surface area contributed by atoms with Crippen molar-refractivity contribution in [1.29, 1.82) is 0 Å². The smallest absolute Gasteiger partial charge is 0.174 e. The number of nitrogens with zero attached hydrogens (tertiary/aromatic N) is 3. The average Bonchev–Trinajstić information content (AvgIpc) is 3.21. The molecule has 1 aliphatic rings. The minimum Gasteiger partial charge on any atom is -0.497 e. The number of benzene rings is 1. The van der Waals surface area contributed by atoms with Crippen LogP contribution in [-0.2, 0) is 7.05 Å². The second-order valence-electron chi connectivity index (χ2n) is 6.66. The summed E-state index contributed by atoms with van der Waals surface area (Å²) in [6, 6.07) is 18.2. The second kappa shape index (κ2) is 7.04. The van der Waals surface area contributed by atoms with E-state index in [9.17, 15) is 0 Å². The highest BCUT2D eigenvalue weighted by molar-refractivity contribution is 7.80. The molecule has 27 heavy (non-hydrogen) atoms. The minimum absolute atomic E-state index is 0.0155. The molecule has 4 rings (SSSR count). The van der Waals surface area contributed by atoms with Gasteiger partial charge in [-0.25, -0.2) is 0 Å². The van der Waals surface area contributed by atoms with Crippen molar-refractivity contribution in [1.82, 2.24) is 14.9 Å². The van der Waals surface area contributed by atoms with Gasteiger partial charge in [0, 0.05) is 36.4 Å². The molecule has 1 aliphatic heterocycles. The molecule has 5 nitrogen and oxygen atoms in total. The predicted molar refractivity (Wildman–Crippen MR) is 111 cm³/mol. The molecule has 0 saturated carbocycles. The first-order valence-corrected chi connectivity index (χ1v) is 9.28. The Morgan fingerprint density at radius 3 is 2.63 bits per heavy atom. The lowest BCUT2D eigenvalue weighted by Crippen LogP contribution is -2.30. The van der Waals surface area contributed by atoms with Crippen LogP contribution in [0.3, 0.4) is 0 Å². The summed E-state index contributed by atoms with van der Waals surface area (Å²) >= 11 is 5.74. The Bertz CT molecular complexity index is 969. The normalized spacial score (nSPS) is 19.2. The number of thiocarbonyl (C=S) groups is 1. The lowest BCUT2D eigenvalue weighted by Gasteiger charge is -2.28. The summed E-state index contributed by atoms with van der Waals surface area (Å²) < 4.78 is 7.63. The van der Waals surface area contributed by atoms with Gasteiger partial charge < -0.3 is 19.5 Å². The number of anilines is 1. The Kier molecular flexibility index (Phi) is 4.58. The van der Waals surface area contributed by atoms with Crippen molar-refractivity contribution in [3.8, 4) is 5.75 Å². The minimum atomic E-state index is -0.0436. The molecule has 3 aromatic rings. The number of aromatic nitrogens is 2. The van der Waals surface area contributed by atoms with Crippen LogP contribution < -0.4 is 15.0 Å². The fraction of sp³-hybridized carbons (Fsp3) is 0.238. The number of ether oxygens (including phenoxy) is 1. The monoisotopic (exact) mass is 378 g/mol. The zero-order valence-electron chi connectivity index (χ0n) is 15.6. The van der Waals surface area contributed by atoms with Crippen molar-refractivity contribution in [2.45, 2.75) is 19.0 Å². The Labute approximate surface area is 164 Å². The van der Waals surface area contributed by atoms with E-state index in [0.29, 0.717) is 5.11 Å². The molecule has 2 aromatic heterocycles. The van der Waals surface area contributed by atoms with Crippen molar-refractivity contribution < 1.29 is 4.74 Å². The van der Waals surface area contributed by atoms with Gasteiger partial charge in [0.1, 0.15) is 11.8 Å². The van der Waals surface area contributed by atoms with E-state index in [4.69, 9.17) is 17.0 Å². The number of methoxy groups -OCH3 is 1. The Morgan fingerprint density at radius 2 is 1.96 bits per heavy atom. The number of nitrogens with one attached hydrogen (secondary N) is 1. The van der Waals surface area contributed by atoms with E-state index in [1.807, 2.05) is 42.6 Å². The largest absolute Gasteiger partial charge is 0.497 e. The van der Waals surface area contributed by atoms with Gasteiger partial charge in [0.2, 0.25) is 0 Å². The fourth-order valence-corrected chi connectivity index (χ4v) is 3.97. The summed E-state index contributed by atoms with van der Waals surface area (Å²) in [6.07, 6.45) is 1.82. The number of rotatable bonds is 4. The van der Waals surface area contributed by atoms with E-state index in [2.05, 4.69) is 51.9 Å². The van der Waals surface area contributed by atoms with Gasteiger partial charge in [0.25, 0.3) is 0 Å². The first-order chi connectivity index (χ1) is 13.1. The molecule has 1 fully saturated rings. The quantitative estimate of drug-likeness (QED) is 0.697.